The fraction of sp³-hybridized carbons (Fsp3) is 0.350. The minimum absolute atomic E-state index is 0.0478. The van der Waals surface area contributed by atoms with Crippen LogP contribution in [0.25, 0.3) is 0 Å². The van der Waals surface area contributed by atoms with Crippen LogP contribution >= 0.6 is 0 Å². The second-order valence-electron chi connectivity index (χ2n) is 6.89. The van der Waals surface area contributed by atoms with Crippen molar-refractivity contribution in [2.45, 2.75) is 32.4 Å². The highest BCUT2D eigenvalue weighted by Gasteiger charge is 2.33. The van der Waals surface area contributed by atoms with Crippen molar-refractivity contribution < 1.29 is 9.73 Å². The van der Waals surface area contributed by atoms with Gasteiger partial charge in [0.05, 0.1) is 7.11 Å². The standard InChI is InChI=1S/C20H23N5O2/c1-13-12-17(26)25-18(14-8-4-3-5-9-14)23-19(24-20(25)21-13)22-15-10-6-7-11-16(15)27-2/h3-4,6-7,10-12,14,18H,5,8-9H2,1-2H3,(H2,21,22,23,24)/p+1. The molecular formula is C20H24N5O2+. The van der Waals surface area contributed by atoms with E-state index in [1.807, 2.05) is 31.2 Å². The van der Waals surface area contributed by atoms with Gasteiger partial charge in [-0.05, 0) is 38.3 Å². The molecular weight excluding hydrogens is 342 g/mol. The van der Waals surface area contributed by atoms with Crippen LogP contribution in [0.3, 0.4) is 0 Å². The summed E-state index contributed by atoms with van der Waals surface area (Å²) in [5, 5.41) is 6.57. The molecule has 7 heteroatoms. The molecule has 0 spiro atoms. The summed E-state index contributed by atoms with van der Waals surface area (Å²) in [5.41, 5.74) is 1.48. The number of fused-ring (bicyclic) bond motifs is 1. The van der Waals surface area contributed by atoms with Crippen LogP contribution < -0.4 is 25.9 Å². The number of aryl methyl sites for hydroxylation is 1. The molecule has 0 saturated heterocycles. The number of methoxy groups -OCH3 is 1. The third-order valence-electron chi connectivity index (χ3n) is 5.01. The molecule has 0 radical (unpaired) electrons. The largest absolute Gasteiger partial charge is 0.493 e. The van der Waals surface area contributed by atoms with Crippen molar-refractivity contribution in [2.75, 3.05) is 17.7 Å². The Labute approximate surface area is 157 Å². The minimum atomic E-state index is -0.163. The first-order valence-electron chi connectivity index (χ1n) is 9.21. The summed E-state index contributed by atoms with van der Waals surface area (Å²) in [6.07, 6.45) is 7.21. The number of rotatable bonds is 3. The van der Waals surface area contributed by atoms with Crippen LogP contribution in [0.15, 0.2) is 47.3 Å². The number of ether oxygens (including phenoxy) is 1. The Bertz CT molecular complexity index is 963. The molecule has 0 amide bonds. The molecule has 1 aromatic heterocycles. The molecule has 2 aromatic rings. The number of guanidine groups is 1. The highest BCUT2D eigenvalue weighted by atomic mass is 16.5. The summed E-state index contributed by atoms with van der Waals surface area (Å²) in [4.78, 5) is 20.7. The summed E-state index contributed by atoms with van der Waals surface area (Å²) in [6.45, 7) is 1.83. The van der Waals surface area contributed by atoms with E-state index in [0.717, 1.165) is 30.7 Å². The van der Waals surface area contributed by atoms with E-state index in [4.69, 9.17) is 4.74 Å². The lowest BCUT2D eigenvalue weighted by molar-refractivity contribution is -0.545. The lowest BCUT2D eigenvalue weighted by atomic mass is 9.91. The van der Waals surface area contributed by atoms with Crippen molar-refractivity contribution in [1.29, 1.82) is 0 Å². The SMILES string of the molecule is COc1ccccc1NC1=[NH+]C(C2CC=CCC2)n2c(nc(C)cc2=O)N1. The fourth-order valence-electron chi connectivity index (χ4n) is 3.71. The van der Waals surface area contributed by atoms with E-state index >= 15 is 0 Å². The average molecular weight is 366 g/mol. The fourth-order valence-corrected chi connectivity index (χ4v) is 3.71. The zero-order valence-corrected chi connectivity index (χ0v) is 15.5. The summed E-state index contributed by atoms with van der Waals surface area (Å²) < 4.78 is 7.15. The van der Waals surface area contributed by atoms with Crippen molar-refractivity contribution in [3.63, 3.8) is 0 Å². The summed E-state index contributed by atoms with van der Waals surface area (Å²) in [6, 6.07) is 9.29. The zero-order valence-electron chi connectivity index (χ0n) is 15.5. The van der Waals surface area contributed by atoms with Crippen LogP contribution in [-0.4, -0.2) is 22.6 Å². The van der Waals surface area contributed by atoms with Crippen LogP contribution in [0.2, 0.25) is 0 Å². The second-order valence-corrected chi connectivity index (χ2v) is 6.89. The molecule has 0 bridgehead atoms. The quantitative estimate of drug-likeness (QED) is 0.715. The first-order valence-corrected chi connectivity index (χ1v) is 9.21. The number of nitrogens with zero attached hydrogens (tertiary/aromatic N) is 2. The number of allylic oxidation sites excluding steroid dienone is 2. The van der Waals surface area contributed by atoms with E-state index < -0.39 is 0 Å². The Morgan fingerprint density at radius 2 is 2.19 bits per heavy atom. The van der Waals surface area contributed by atoms with Crippen molar-refractivity contribution >= 4 is 17.6 Å². The van der Waals surface area contributed by atoms with Gasteiger partial charge in [0.1, 0.15) is 5.69 Å². The number of hydrogen-bond acceptors (Lipinski definition) is 5. The van der Waals surface area contributed by atoms with E-state index in [9.17, 15) is 4.79 Å². The van der Waals surface area contributed by atoms with Gasteiger partial charge in [0, 0.05) is 17.7 Å². The Morgan fingerprint density at radius 1 is 1.33 bits per heavy atom. The van der Waals surface area contributed by atoms with Crippen LogP contribution in [0.1, 0.15) is 31.1 Å². The predicted molar refractivity (Wildman–Crippen MR) is 105 cm³/mol. The molecule has 2 heterocycles. The van der Waals surface area contributed by atoms with Crippen molar-refractivity contribution in [3.05, 3.63) is 58.5 Å². The number of nitrogens with one attached hydrogen (secondary N) is 3. The van der Waals surface area contributed by atoms with Gasteiger partial charge in [-0.15, -0.1) is 0 Å². The van der Waals surface area contributed by atoms with Gasteiger partial charge in [-0.3, -0.25) is 9.79 Å². The average Bonchev–Trinajstić information content (AvgIpc) is 2.68. The maximum absolute atomic E-state index is 12.7. The van der Waals surface area contributed by atoms with E-state index in [1.54, 1.807) is 17.7 Å². The summed E-state index contributed by atoms with van der Waals surface area (Å²) in [5.74, 6) is 2.30. The minimum Gasteiger partial charge on any atom is -0.493 e. The molecule has 2 aliphatic rings. The zero-order chi connectivity index (χ0) is 18.8. The molecule has 1 aromatic carbocycles. The van der Waals surface area contributed by atoms with Crippen LogP contribution in [0.5, 0.6) is 5.75 Å². The van der Waals surface area contributed by atoms with Crippen LogP contribution in [-0.2, 0) is 0 Å². The smallest absolute Gasteiger partial charge is 0.357 e. The van der Waals surface area contributed by atoms with Crippen LogP contribution in [0, 0.1) is 12.8 Å². The maximum Gasteiger partial charge on any atom is 0.357 e. The van der Waals surface area contributed by atoms with Gasteiger partial charge in [-0.25, -0.2) is 20.2 Å². The van der Waals surface area contributed by atoms with E-state index in [-0.39, 0.29) is 11.7 Å². The molecule has 7 nitrogen and oxygen atoms in total. The monoisotopic (exact) mass is 366 g/mol. The Morgan fingerprint density at radius 3 is 2.96 bits per heavy atom. The highest BCUT2D eigenvalue weighted by molar-refractivity contribution is 6.00. The molecule has 27 heavy (non-hydrogen) atoms. The lowest BCUT2D eigenvalue weighted by Crippen LogP contribution is -2.83. The number of benzene rings is 1. The van der Waals surface area contributed by atoms with Gasteiger partial charge < -0.3 is 4.74 Å². The van der Waals surface area contributed by atoms with E-state index in [1.165, 1.54) is 0 Å². The van der Waals surface area contributed by atoms with Crippen molar-refractivity contribution in [1.82, 2.24) is 9.55 Å². The van der Waals surface area contributed by atoms with Gasteiger partial charge in [0.15, 0.2) is 11.9 Å². The summed E-state index contributed by atoms with van der Waals surface area (Å²) >= 11 is 0. The molecule has 2 atom stereocenters. The number of anilines is 2. The number of hydrogen-bond donors (Lipinski definition) is 3. The lowest BCUT2D eigenvalue weighted by Gasteiger charge is -2.29. The molecule has 1 aliphatic carbocycles. The van der Waals surface area contributed by atoms with Crippen LogP contribution in [0.4, 0.5) is 11.6 Å². The molecule has 3 N–H and O–H groups in total. The predicted octanol–water partition coefficient (Wildman–Crippen LogP) is 1.39. The van der Waals surface area contributed by atoms with Gasteiger partial charge in [-0.2, -0.15) is 0 Å². The third-order valence-corrected chi connectivity index (χ3v) is 5.01. The van der Waals surface area contributed by atoms with Gasteiger partial charge >= 0.3 is 5.96 Å². The van der Waals surface area contributed by atoms with Gasteiger partial charge in [-0.1, -0.05) is 24.3 Å². The Balaban J connectivity index is 1.73. The molecule has 4 rings (SSSR count). The molecule has 0 saturated carbocycles. The molecule has 140 valence electrons. The second kappa shape index (κ2) is 7.26. The van der Waals surface area contributed by atoms with Crippen molar-refractivity contribution in [3.8, 4) is 5.75 Å². The van der Waals surface area contributed by atoms with E-state index in [2.05, 4.69) is 32.8 Å². The summed E-state index contributed by atoms with van der Waals surface area (Å²) in [7, 11) is 1.64. The molecule has 0 fully saturated rings. The van der Waals surface area contributed by atoms with E-state index in [0.29, 0.717) is 23.5 Å². The first kappa shape index (κ1) is 17.3. The highest BCUT2D eigenvalue weighted by Crippen LogP contribution is 2.28. The molecule has 2 unspecified atom stereocenters. The number of aromatic nitrogens is 2. The number of para-hydroxylation sites is 2. The third kappa shape index (κ3) is 3.45. The van der Waals surface area contributed by atoms with Gasteiger partial charge in [0.2, 0.25) is 0 Å². The topological polar surface area (TPSA) is 82.2 Å². The normalized spacial score (nSPS) is 21.0. The maximum atomic E-state index is 12.7. The Hall–Kier alpha value is -3.09. The van der Waals surface area contributed by atoms with Crippen molar-refractivity contribution in [2.24, 2.45) is 5.92 Å². The molecule has 1 aliphatic heterocycles. The first-order chi connectivity index (χ1) is 13.2. The van der Waals surface area contributed by atoms with Gasteiger partial charge in [0.25, 0.3) is 11.5 Å². The Kier molecular flexibility index (Phi) is 4.66.